The third-order valence-corrected chi connectivity index (χ3v) is 7.80. The van der Waals surface area contributed by atoms with Crippen molar-refractivity contribution in [3.63, 3.8) is 0 Å². The number of hydrogen-bond acceptors (Lipinski definition) is 12. The quantitative estimate of drug-likeness (QED) is 0.0276. The van der Waals surface area contributed by atoms with E-state index in [4.69, 9.17) is 37.9 Å². The van der Waals surface area contributed by atoms with Crippen LogP contribution in [0.25, 0.3) is 0 Å². The Hall–Kier alpha value is -2.80. The van der Waals surface area contributed by atoms with Gasteiger partial charge in [0.25, 0.3) is 0 Å². The number of ether oxygens (including phenoxy) is 8. The van der Waals surface area contributed by atoms with Crippen molar-refractivity contribution in [2.45, 2.75) is 135 Å². The van der Waals surface area contributed by atoms with E-state index in [0.29, 0.717) is 90.0 Å². The molecular weight excluding hydrogens is 624 g/mol. The van der Waals surface area contributed by atoms with Gasteiger partial charge >= 0.3 is 23.9 Å². The molecule has 48 heavy (non-hydrogen) atoms. The van der Waals surface area contributed by atoms with Gasteiger partial charge in [-0.1, -0.05) is 32.1 Å². The first-order valence-corrected chi connectivity index (χ1v) is 17.5. The molecule has 4 atom stereocenters. The van der Waals surface area contributed by atoms with Gasteiger partial charge in [-0.2, -0.15) is 0 Å². The highest BCUT2D eigenvalue weighted by atomic mass is 16.8. The Bertz CT molecular complexity index is 1020. The van der Waals surface area contributed by atoms with Crippen LogP contribution in [0.5, 0.6) is 0 Å². The molecule has 2 unspecified atom stereocenters. The zero-order valence-corrected chi connectivity index (χ0v) is 29.4. The Labute approximate surface area is 286 Å². The molecule has 274 valence electrons. The highest BCUT2D eigenvalue weighted by molar-refractivity contribution is 5.86. The summed E-state index contributed by atoms with van der Waals surface area (Å²) in [4.78, 5) is 48.9. The van der Waals surface area contributed by atoms with E-state index >= 15 is 0 Å². The third kappa shape index (κ3) is 18.7. The first-order chi connectivity index (χ1) is 23.0. The molecule has 0 N–H and O–H groups in total. The van der Waals surface area contributed by atoms with Gasteiger partial charge in [0.1, 0.15) is 18.8 Å². The molecule has 0 aromatic heterocycles. The minimum Gasteiger partial charge on any atom is -0.466 e. The van der Waals surface area contributed by atoms with Gasteiger partial charge in [-0.15, -0.1) is 0 Å². The predicted molar refractivity (Wildman–Crippen MR) is 177 cm³/mol. The summed E-state index contributed by atoms with van der Waals surface area (Å²) in [5.74, 6) is -2.11. The lowest BCUT2D eigenvalue weighted by molar-refractivity contribution is -0.169. The minimum atomic E-state index is -0.712. The molecule has 12 heteroatoms. The number of hydrogen-bond donors (Lipinski definition) is 0. The maximum absolute atomic E-state index is 12.9. The van der Waals surface area contributed by atoms with Gasteiger partial charge < -0.3 is 37.9 Å². The van der Waals surface area contributed by atoms with Crippen molar-refractivity contribution in [1.82, 2.24) is 0 Å². The average molecular weight is 683 g/mol. The molecule has 12 nitrogen and oxygen atoms in total. The Balaban J connectivity index is 1.85. The van der Waals surface area contributed by atoms with Gasteiger partial charge in [0.2, 0.25) is 0 Å². The van der Waals surface area contributed by atoms with Crippen LogP contribution in [0, 0.1) is 0 Å². The normalized spacial score (nSPS) is 21.9. The van der Waals surface area contributed by atoms with E-state index < -0.39 is 36.0 Å². The van der Waals surface area contributed by atoms with Crippen LogP contribution in [-0.2, 0) is 57.1 Å². The Kier molecular flexibility index (Phi) is 20.3. The minimum absolute atomic E-state index is 0.124. The molecular formula is C36H58O12. The van der Waals surface area contributed by atoms with Crippen LogP contribution in [0.3, 0.4) is 0 Å². The van der Waals surface area contributed by atoms with Crippen LogP contribution in [0.1, 0.15) is 111 Å². The number of epoxide rings is 1. The van der Waals surface area contributed by atoms with Crippen molar-refractivity contribution in [2.75, 3.05) is 46.2 Å². The monoisotopic (exact) mass is 682 g/mol. The second-order valence-corrected chi connectivity index (χ2v) is 12.7. The molecule has 0 aromatic rings. The van der Waals surface area contributed by atoms with Crippen LogP contribution in [0.2, 0.25) is 0 Å². The van der Waals surface area contributed by atoms with Crippen molar-refractivity contribution in [3.8, 4) is 0 Å². The molecule has 0 aliphatic carbocycles. The van der Waals surface area contributed by atoms with Gasteiger partial charge in [-0.25, -0.2) is 4.79 Å². The van der Waals surface area contributed by atoms with Crippen molar-refractivity contribution in [3.05, 3.63) is 24.3 Å². The molecule has 0 saturated carbocycles. The summed E-state index contributed by atoms with van der Waals surface area (Å²) >= 11 is 0. The average Bonchev–Trinajstić information content (AvgIpc) is 3.84. The predicted octanol–water partition coefficient (Wildman–Crippen LogP) is 5.69. The molecule has 2 aliphatic heterocycles. The van der Waals surface area contributed by atoms with Crippen LogP contribution in [0.15, 0.2) is 24.3 Å². The zero-order chi connectivity index (χ0) is 35.2. The molecule has 2 fully saturated rings. The molecule has 0 bridgehead atoms. The fourth-order valence-corrected chi connectivity index (χ4v) is 4.93. The summed E-state index contributed by atoms with van der Waals surface area (Å²) in [5.41, 5.74) is 1.26. The Morgan fingerprint density at radius 3 is 2.06 bits per heavy atom. The number of unbranched alkanes of at least 4 members (excludes halogenated alkanes) is 4. The van der Waals surface area contributed by atoms with Gasteiger partial charge in [0.05, 0.1) is 39.1 Å². The largest absolute Gasteiger partial charge is 0.466 e. The maximum Gasteiger partial charge on any atom is 0.333 e. The second-order valence-electron chi connectivity index (χ2n) is 12.7. The lowest BCUT2D eigenvalue weighted by Gasteiger charge is -2.26. The van der Waals surface area contributed by atoms with Crippen molar-refractivity contribution < 1.29 is 57.1 Å². The van der Waals surface area contributed by atoms with E-state index in [9.17, 15) is 19.2 Å². The lowest BCUT2D eigenvalue weighted by Crippen LogP contribution is -2.37. The summed E-state index contributed by atoms with van der Waals surface area (Å²) in [7, 11) is 0. The first kappa shape index (κ1) is 41.4. The van der Waals surface area contributed by atoms with Gasteiger partial charge in [-0.05, 0) is 58.8 Å². The van der Waals surface area contributed by atoms with E-state index in [2.05, 4.69) is 13.2 Å². The van der Waals surface area contributed by atoms with Gasteiger partial charge in [0.15, 0.2) is 5.79 Å². The molecule has 0 spiro atoms. The van der Waals surface area contributed by atoms with E-state index in [1.807, 2.05) is 13.8 Å². The van der Waals surface area contributed by atoms with Crippen molar-refractivity contribution >= 4 is 23.9 Å². The van der Waals surface area contributed by atoms with Crippen molar-refractivity contribution in [1.29, 1.82) is 0 Å². The molecule has 0 aromatic carbocycles. The summed E-state index contributed by atoms with van der Waals surface area (Å²) < 4.78 is 45.4. The zero-order valence-electron chi connectivity index (χ0n) is 29.4. The van der Waals surface area contributed by atoms with Crippen LogP contribution < -0.4 is 0 Å². The summed E-state index contributed by atoms with van der Waals surface area (Å²) in [5, 5.41) is 0. The molecule has 2 rings (SSSR count). The maximum atomic E-state index is 12.9. The summed E-state index contributed by atoms with van der Waals surface area (Å²) in [6.45, 7) is 15.4. The standard InChI is InChI=1S/C36H58O12/c1-6-7-14-32(37)43-20-13-10-18-36(26-46-36)45-25-29-23-31(48-34(39)16-9-12-21-44-35(40)28(4)5)30(17-22-42-29)47-33(38)15-8-11-19-41-24-27(2)3/h29-31H,2,4,6-26H2,1,3,5H3/t29?,30-,31+,36?/m1/s1. The Morgan fingerprint density at radius 2 is 1.42 bits per heavy atom. The highest BCUT2D eigenvalue weighted by Gasteiger charge is 2.46. The SMILES string of the molecule is C=C(C)COCCCCC(=O)O[C@@H]1CCOC(COC2(CCCCOC(=O)CCCC)CO2)C[C@@H]1OC(=O)CCCCOC(=O)C(=C)C. The molecule has 0 amide bonds. The van der Waals surface area contributed by atoms with Crippen LogP contribution in [0.4, 0.5) is 0 Å². The molecule has 2 heterocycles. The van der Waals surface area contributed by atoms with E-state index in [0.717, 1.165) is 31.3 Å². The number of carbonyl (C=O) groups excluding carboxylic acids is 4. The van der Waals surface area contributed by atoms with E-state index in [1.165, 1.54) is 0 Å². The van der Waals surface area contributed by atoms with E-state index in [1.54, 1.807) is 6.92 Å². The second kappa shape index (κ2) is 23.5. The van der Waals surface area contributed by atoms with Crippen LogP contribution in [-0.4, -0.2) is 94.2 Å². The molecule has 0 radical (unpaired) electrons. The molecule has 2 aliphatic rings. The number of carbonyl (C=O) groups is 4. The van der Waals surface area contributed by atoms with Crippen molar-refractivity contribution in [2.24, 2.45) is 0 Å². The summed E-state index contributed by atoms with van der Waals surface area (Å²) in [6.07, 6.45) is 5.90. The number of esters is 4. The highest BCUT2D eigenvalue weighted by Crippen LogP contribution is 2.35. The smallest absolute Gasteiger partial charge is 0.333 e. The lowest BCUT2D eigenvalue weighted by atomic mass is 10.1. The van der Waals surface area contributed by atoms with Crippen LogP contribution >= 0.6 is 0 Å². The number of rotatable bonds is 26. The fraction of sp³-hybridized carbons (Fsp3) is 0.778. The van der Waals surface area contributed by atoms with Gasteiger partial charge in [0, 0.05) is 50.7 Å². The third-order valence-electron chi connectivity index (χ3n) is 7.80. The Morgan fingerprint density at radius 1 is 0.792 bits per heavy atom. The summed E-state index contributed by atoms with van der Waals surface area (Å²) in [6, 6.07) is 0. The molecule has 2 saturated heterocycles. The fourth-order valence-electron chi connectivity index (χ4n) is 4.93. The van der Waals surface area contributed by atoms with E-state index in [-0.39, 0.29) is 38.0 Å². The first-order valence-electron chi connectivity index (χ1n) is 17.5. The topological polar surface area (TPSA) is 145 Å². The van der Waals surface area contributed by atoms with Gasteiger partial charge in [-0.3, -0.25) is 14.4 Å².